The van der Waals surface area contributed by atoms with E-state index in [9.17, 15) is 14.4 Å². The van der Waals surface area contributed by atoms with E-state index in [-0.39, 0.29) is 22.3 Å². The zero-order valence-electron chi connectivity index (χ0n) is 19.4. The third-order valence-corrected chi connectivity index (χ3v) is 5.12. The van der Waals surface area contributed by atoms with Crippen LogP contribution in [0.25, 0.3) is 11.1 Å². The molecular formula is C27H27NO5. The van der Waals surface area contributed by atoms with Gasteiger partial charge in [0, 0.05) is 6.92 Å². The van der Waals surface area contributed by atoms with Crippen LogP contribution in [0.5, 0.6) is 5.75 Å². The Morgan fingerprint density at radius 1 is 0.818 bits per heavy atom. The van der Waals surface area contributed by atoms with Crippen molar-refractivity contribution in [2.45, 2.75) is 33.1 Å². The van der Waals surface area contributed by atoms with E-state index in [0.717, 1.165) is 16.7 Å². The van der Waals surface area contributed by atoms with Crippen LogP contribution in [0.3, 0.4) is 0 Å². The first-order valence-corrected chi connectivity index (χ1v) is 10.5. The van der Waals surface area contributed by atoms with E-state index in [1.165, 1.54) is 14.0 Å². The van der Waals surface area contributed by atoms with E-state index in [4.69, 9.17) is 9.47 Å². The largest absolute Gasteiger partial charge is 0.465 e. The van der Waals surface area contributed by atoms with Gasteiger partial charge in [-0.1, -0.05) is 63.2 Å². The number of esters is 2. The first-order valence-electron chi connectivity index (χ1n) is 10.5. The predicted molar refractivity (Wildman–Crippen MR) is 128 cm³/mol. The highest BCUT2D eigenvalue weighted by molar-refractivity contribution is 6.10. The summed E-state index contributed by atoms with van der Waals surface area (Å²) in [6.07, 6.45) is 0. The number of benzene rings is 3. The maximum atomic E-state index is 13.4. The average molecular weight is 446 g/mol. The maximum absolute atomic E-state index is 13.4. The number of nitrogens with one attached hydrogen (secondary N) is 1. The van der Waals surface area contributed by atoms with Crippen molar-refractivity contribution in [2.75, 3.05) is 12.4 Å². The predicted octanol–water partition coefficient (Wildman–Crippen LogP) is 5.62. The third-order valence-electron chi connectivity index (χ3n) is 5.12. The lowest BCUT2D eigenvalue weighted by molar-refractivity contribution is -0.131. The number of methoxy groups -OCH3 is 1. The zero-order chi connectivity index (χ0) is 24.2. The monoisotopic (exact) mass is 445 g/mol. The summed E-state index contributed by atoms with van der Waals surface area (Å²) in [5, 5.41) is 2.81. The molecule has 3 aromatic carbocycles. The Bertz CT molecular complexity index is 1190. The van der Waals surface area contributed by atoms with Gasteiger partial charge in [0.15, 0.2) is 0 Å². The lowest BCUT2D eigenvalue weighted by Crippen LogP contribution is -2.19. The van der Waals surface area contributed by atoms with E-state index >= 15 is 0 Å². The van der Waals surface area contributed by atoms with Crippen LogP contribution in [-0.2, 0) is 14.9 Å². The molecule has 170 valence electrons. The van der Waals surface area contributed by atoms with Crippen LogP contribution < -0.4 is 10.1 Å². The Hall–Kier alpha value is -3.93. The molecule has 33 heavy (non-hydrogen) atoms. The number of amides is 1. The fraction of sp³-hybridized carbons (Fsp3) is 0.222. The van der Waals surface area contributed by atoms with Crippen LogP contribution in [0.4, 0.5) is 5.69 Å². The Balaban J connectivity index is 2.07. The number of hydrogen-bond acceptors (Lipinski definition) is 5. The minimum absolute atomic E-state index is 0.145. The molecule has 0 saturated carbocycles. The molecule has 0 atom stereocenters. The molecule has 0 aliphatic rings. The van der Waals surface area contributed by atoms with E-state index in [2.05, 4.69) is 5.32 Å². The Kier molecular flexibility index (Phi) is 6.97. The standard InChI is InChI=1S/C27H27NO5/c1-17(29)33-24-14-12-20(27(2,3)4)16-22(24)25(30)28-23-15-19(18-9-7-6-8-10-18)11-13-21(23)26(31)32-5/h6-16H,1-5H3,(H,28,30). The van der Waals surface area contributed by atoms with Gasteiger partial charge in [-0.15, -0.1) is 0 Å². The van der Waals surface area contributed by atoms with E-state index in [0.29, 0.717) is 5.69 Å². The molecule has 3 rings (SSSR count). The fourth-order valence-corrected chi connectivity index (χ4v) is 3.35. The molecule has 1 N–H and O–H groups in total. The summed E-state index contributed by atoms with van der Waals surface area (Å²) in [5.74, 6) is -1.47. The van der Waals surface area contributed by atoms with Crippen molar-refractivity contribution in [2.24, 2.45) is 0 Å². The highest BCUT2D eigenvalue weighted by Crippen LogP contribution is 2.31. The second-order valence-corrected chi connectivity index (χ2v) is 8.63. The highest BCUT2D eigenvalue weighted by atomic mass is 16.5. The molecule has 6 nitrogen and oxygen atoms in total. The second kappa shape index (κ2) is 9.69. The van der Waals surface area contributed by atoms with Crippen molar-refractivity contribution in [3.05, 3.63) is 83.4 Å². The first-order chi connectivity index (χ1) is 15.6. The minimum Gasteiger partial charge on any atom is -0.465 e. The van der Waals surface area contributed by atoms with Crippen LogP contribution in [0.2, 0.25) is 0 Å². The summed E-state index contributed by atoms with van der Waals surface area (Å²) < 4.78 is 10.2. The topological polar surface area (TPSA) is 81.7 Å². The smallest absolute Gasteiger partial charge is 0.339 e. The van der Waals surface area contributed by atoms with Crippen LogP contribution in [-0.4, -0.2) is 25.0 Å². The quantitative estimate of drug-likeness (QED) is 0.407. The Labute approximate surface area is 193 Å². The molecule has 0 heterocycles. The Morgan fingerprint density at radius 2 is 1.52 bits per heavy atom. The summed E-state index contributed by atoms with van der Waals surface area (Å²) >= 11 is 0. The number of rotatable bonds is 5. The number of ether oxygens (including phenoxy) is 2. The molecule has 0 fully saturated rings. The van der Waals surface area contributed by atoms with Crippen molar-refractivity contribution in [1.29, 1.82) is 0 Å². The van der Waals surface area contributed by atoms with Crippen molar-refractivity contribution >= 4 is 23.5 Å². The highest BCUT2D eigenvalue weighted by Gasteiger charge is 2.22. The molecule has 0 aromatic heterocycles. The fourth-order valence-electron chi connectivity index (χ4n) is 3.35. The summed E-state index contributed by atoms with van der Waals surface area (Å²) in [6.45, 7) is 7.34. The Morgan fingerprint density at radius 3 is 2.12 bits per heavy atom. The lowest BCUT2D eigenvalue weighted by atomic mass is 9.86. The SMILES string of the molecule is COC(=O)c1ccc(-c2ccccc2)cc1NC(=O)c1cc(C(C)(C)C)ccc1OC(C)=O. The summed E-state index contributed by atoms with van der Waals surface area (Å²) in [7, 11) is 1.28. The van der Waals surface area contributed by atoms with E-state index < -0.39 is 17.8 Å². The molecule has 0 radical (unpaired) electrons. The molecule has 0 unspecified atom stereocenters. The van der Waals surface area contributed by atoms with Crippen molar-refractivity contribution in [3.63, 3.8) is 0 Å². The van der Waals surface area contributed by atoms with Gasteiger partial charge in [-0.25, -0.2) is 4.79 Å². The molecule has 0 aliphatic carbocycles. The van der Waals surface area contributed by atoms with Gasteiger partial charge in [-0.3, -0.25) is 9.59 Å². The van der Waals surface area contributed by atoms with Gasteiger partial charge in [-0.05, 0) is 46.4 Å². The van der Waals surface area contributed by atoms with Gasteiger partial charge in [0.1, 0.15) is 5.75 Å². The molecule has 0 aliphatic heterocycles. The van der Waals surface area contributed by atoms with Gasteiger partial charge in [-0.2, -0.15) is 0 Å². The second-order valence-electron chi connectivity index (χ2n) is 8.63. The number of hydrogen-bond donors (Lipinski definition) is 1. The number of carbonyl (C=O) groups excluding carboxylic acids is 3. The van der Waals surface area contributed by atoms with Gasteiger partial charge < -0.3 is 14.8 Å². The van der Waals surface area contributed by atoms with Crippen molar-refractivity contribution < 1.29 is 23.9 Å². The summed E-state index contributed by atoms with van der Waals surface area (Å²) in [6, 6.07) is 19.9. The van der Waals surface area contributed by atoms with Crippen LogP contribution in [0.1, 0.15) is 54.0 Å². The minimum atomic E-state index is -0.575. The van der Waals surface area contributed by atoms with Crippen molar-refractivity contribution in [3.8, 4) is 16.9 Å². The molecule has 1 amide bonds. The normalized spacial score (nSPS) is 10.9. The number of anilines is 1. The van der Waals surface area contributed by atoms with E-state index in [1.54, 1.807) is 30.3 Å². The van der Waals surface area contributed by atoms with Gasteiger partial charge in [0.25, 0.3) is 5.91 Å². The molecule has 6 heteroatoms. The van der Waals surface area contributed by atoms with Gasteiger partial charge in [0.05, 0.1) is 23.9 Å². The van der Waals surface area contributed by atoms with Crippen LogP contribution in [0, 0.1) is 0 Å². The van der Waals surface area contributed by atoms with E-state index in [1.807, 2.05) is 57.2 Å². The van der Waals surface area contributed by atoms with Crippen LogP contribution in [0.15, 0.2) is 66.7 Å². The summed E-state index contributed by atoms with van der Waals surface area (Å²) in [5.41, 5.74) is 3.12. The third kappa shape index (κ3) is 5.66. The molecule has 0 bridgehead atoms. The molecule has 0 saturated heterocycles. The lowest BCUT2D eigenvalue weighted by Gasteiger charge is -2.21. The maximum Gasteiger partial charge on any atom is 0.339 e. The molecular weight excluding hydrogens is 418 g/mol. The van der Waals surface area contributed by atoms with Crippen LogP contribution >= 0.6 is 0 Å². The van der Waals surface area contributed by atoms with Crippen molar-refractivity contribution in [1.82, 2.24) is 0 Å². The van der Waals surface area contributed by atoms with Gasteiger partial charge in [0.2, 0.25) is 0 Å². The number of carbonyl (C=O) groups is 3. The van der Waals surface area contributed by atoms with Gasteiger partial charge >= 0.3 is 11.9 Å². The molecule has 3 aromatic rings. The zero-order valence-corrected chi connectivity index (χ0v) is 19.4. The summed E-state index contributed by atoms with van der Waals surface area (Å²) in [4.78, 5) is 37.3. The first kappa shape index (κ1) is 23.7. The average Bonchev–Trinajstić information content (AvgIpc) is 2.78. The molecule has 0 spiro atoms.